The average molecular weight is 316 g/mol. The molecule has 1 saturated heterocycles. The summed E-state index contributed by atoms with van der Waals surface area (Å²) in [6.07, 6.45) is -3.24. The first-order valence-electron chi connectivity index (χ1n) is 7.14. The first kappa shape index (κ1) is 16.5. The average Bonchev–Trinajstić information content (AvgIpc) is 2.45. The molecule has 0 bridgehead atoms. The molecule has 0 aliphatic carbocycles. The molecule has 8 heteroatoms. The van der Waals surface area contributed by atoms with Gasteiger partial charge in [-0.15, -0.1) is 0 Å². The lowest BCUT2D eigenvalue weighted by Gasteiger charge is -2.34. The van der Waals surface area contributed by atoms with E-state index in [1.165, 1.54) is 13.1 Å². The molecule has 1 aliphatic heterocycles. The predicted molar refractivity (Wildman–Crippen MR) is 75.6 cm³/mol. The normalized spacial score (nSPS) is 16.3. The van der Waals surface area contributed by atoms with E-state index < -0.39 is 11.9 Å². The predicted octanol–water partition coefficient (Wildman–Crippen LogP) is 2.29. The van der Waals surface area contributed by atoms with E-state index in [-0.39, 0.29) is 23.3 Å². The Labute approximate surface area is 127 Å². The fraction of sp³-hybridized carbons (Fsp3) is 0.643. The number of aromatic nitrogens is 2. The maximum atomic E-state index is 13.2. The summed E-state index contributed by atoms with van der Waals surface area (Å²) in [6, 6.07) is 0. The summed E-state index contributed by atoms with van der Waals surface area (Å²) in [4.78, 5) is 22.4. The second-order valence-electron chi connectivity index (χ2n) is 5.62. The molecule has 2 rings (SSSR count). The molecular weight excluding hydrogens is 297 g/mol. The van der Waals surface area contributed by atoms with E-state index in [2.05, 4.69) is 9.97 Å². The molecule has 1 fully saturated rings. The number of anilines is 1. The van der Waals surface area contributed by atoms with Crippen molar-refractivity contribution in [3.63, 3.8) is 0 Å². The molecule has 1 aliphatic rings. The van der Waals surface area contributed by atoms with Gasteiger partial charge in [0.1, 0.15) is 0 Å². The molecule has 1 aromatic rings. The van der Waals surface area contributed by atoms with Crippen LogP contribution in [0.1, 0.15) is 37.9 Å². The van der Waals surface area contributed by atoms with E-state index >= 15 is 0 Å². The summed E-state index contributed by atoms with van der Waals surface area (Å²) in [5.41, 5.74) is -0.778. The van der Waals surface area contributed by atoms with Crippen LogP contribution in [-0.4, -0.2) is 47.0 Å². The number of piperazine rings is 1. The SMILES string of the molecule is CC(=O)N1CCN(c2ncc(C(C)C)c(C(F)(F)F)n2)CC1. The number of alkyl halides is 3. The Morgan fingerprint density at radius 3 is 2.27 bits per heavy atom. The molecule has 0 spiro atoms. The van der Waals surface area contributed by atoms with E-state index in [0.29, 0.717) is 26.2 Å². The van der Waals surface area contributed by atoms with Crippen LogP contribution in [0.15, 0.2) is 6.20 Å². The van der Waals surface area contributed by atoms with Crippen LogP contribution in [0.2, 0.25) is 0 Å². The van der Waals surface area contributed by atoms with Crippen LogP contribution in [0.5, 0.6) is 0 Å². The van der Waals surface area contributed by atoms with Crippen molar-refractivity contribution in [3.05, 3.63) is 17.5 Å². The third-order valence-corrected chi connectivity index (χ3v) is 3.70. The molecule has 0 N–H and O–H groups in total. The Morgan fingerprint density at radius 1 is 1.23 bits per heavy atom. The van der Waals surface area contributed by atoms with Gasteiger partial charge in [0, 0.05) is 44.9 Å². The van der Waals surface area contributed by atoms with Gasteiger partial charge in [0.2, 0.25) is 11.9 Å². The monoisotopic (exact) mass is 316 g/mol. The lowest BCUT2D eigenvalue weighted by molar-refractivity contribution is -0.142. The fourth-order valence-electron chi connectivity index (χ4n) is 2.41. The molecular formula is C14H19F3N4O. The van der Waals surface area contributed by atoms with Crippen molar-refractivity contribution in [2.75, 3.05) is 31.1 Å². The minimum Gasteiger partial charge on any atom is -0.339 e. The molecule has 0 atom stereocenters. The number of rotatable bonds is 2. The van der Waals surface area contributed by atoms with Gasteiger partial charge in [0.25, 0.3) is 0 Å². The summed E-state index contributed by atoms with van der Waals surface area (Å²) in [5.74, 6) is -0.271. The van der Waals surface area contributed by atoms with Gasteiger partial charge in [-0.05, 0) is 5.92 Å². The van der Waals surface area contributed by atoms with Crippen LogP contribution >= 0.6 is 0 Å². The van der Waals surface area contributed by atoms with Crippen LogP contribution in [0.4, 0.5) is 19.1 Å². The first-order valence-corrected chi connectivity index (χ1v) is 7.14. The van der Waals surface area contributed by atoms with Gasteiger partial charge in [-0.2, -0.15) is 13.2 Å². The van der Waals surface area contributed by atoms with Crippen LogP contribution in [0.3, 0.4) is 0 Å². The van der Waals surface area contributed by atoms with Crippen LogP contribution < -0.4 is 4.90 Å². The van der Waals surface area contributed by atoms with E-state index in [4.69, 9.17) is 0 Å². The third kappa shape index (κ3) is 3.48. The zero-order chi connectivity index (χ0) is 16.5. The first-order chi connectivity index (χ1) is 10.2. The maximum absolute atomic E-state index is 13.2. The molecule has 22 heavy (non-hydrogen) atoms. The van der Waals surface area contributed by atoms with Crippen molar-refractivity contribution in [3.8, 4) is 0 Å². The quantitative estimate of drug-likeness (QED) is 0.840. The van der Waals surface area contributed by atoms with E-state index in [9.17, 15) is 18.0 Å². The Hall–Kier alpha value is -1.86. The van der Waals surface area contributed by atoms with Gasteiger partial charge in [0.05, 0.1) is 0 Å². The minimum absolute atomic E-state index is 0.0355. The summed E-state index contributed by atoms with van der Waals surface area (Å²) in [6.45, 7) is 6.62. The Bertz CT molecular complexity index is 552. The van der Waals surface area contributed by atoms with Gasteiger partial charge in [-0.25, -0.2) is 9.97 Å². The van der Waals surface area contributed by atoms with E-state index in [0.717, 1.165) is 0 Å². The van der Waals surface area contributed by atoms with Crippen molar-refractivity contribution >= 4 is 11.9 Å². The number of hydrogen-bond acceptors (Lipinski definition) is 4. The zero-order valence-corrected chi connectivity index (χ0v) is 12.8. The van der Waals surface area contributed by atoms with Crippen molar-refractivity contribution in [2.45, 2.75) is 32.9 Å². The molecule has 1 amide bonds. The van der Waals surface area contributed by atoms with Gasteiger partial charge in [0.15, 0.2) is 5.69 Å². The number of carbonyl (C=O) groups is 1. The number of carbonyl (C=O) groups excluding carboxylic acids is 1. The van der Waals surface area contributed by atoms with Crippen molar-refractivity contribution < 1.29 is 18.0 Å². The second kappa shape index (κ2) is 6.10. The van der Waals surface area contributed by atoms with Crippen molar-refractivity contribution in [1.82, 2.24) is 14.9 Å². The Morgan fingerprint density at radius 2 is 1.82 bits per heavy atom. The Kier molecular flexibility index (Phi) is 4.58. The highest BCUT2D eigenvalue weighted by atomic mass is 19.4. The highest BCUT2D eigenvalue weighted by molar-refractivity contribution is 5.73. The standard InChI is InChI=1S/C14H19F3N4O/c1-9(2)11-8-18-13(19-12(11)14(15,16)17)21-6-4-20(5-7-21)10(3)22/h8-9H,4-7H2,1-3H3. The molecule has 0 saturated carbocycles. The molecule has 0 aromatic carbocycles. The van der Waals surface area contributed by atoms with Crippen LogP contribution in [0.25, 0.3) is 0 Å². The smallest absolute Gasteiger partial charge is 0.339 e. The lowest BCUT2D eigenvalue weighted by Crippen LogP contribution is -2.48. The summed E-state index contributed by atoms with van der Waals surface area (Å²) >= 11 is 0. The zero-order valence-electron chi connectivity index (χ0n) is 12.8. The van der Waals surface area contributed by atoms with Gasteiger partial charge >= 0.3 is 6.18 Å². The largest absolute Gasteiger partial charge is 0.433 e. The summed E-state index contributed by atoms with van der Waals surface area (Å²) in [7, 11) is 0. The molecule has 1 aromatic heterocycles. The maximum Gasteiger partial charge on any atom is 0.433 e. The topological polar surface area (TPSA) is 49.3 Å². The number of hydrogen-bond donors (Lipinski definition) is 0. The van der Waals surface area contributed by atoms with Crippen LogP contribution in [-0.2, 0) is 11.0 Å². The molecule has 5 nitrogen and oxygen atoms in total. The summed E-state index contributed by atoms with van der Waals surface area (Å²) < 4.78 is 39.5. The van der Waals surface area contributed by atoms with Gasteiger partial charge in [-0.3, -0.25) is 4.79 Å². The molecule has 0 unspecified atom stereocenters. The molecule has 122 valence electrons. The van der Waals surface area contributed by atoms with Gasteiger partial charge < -0.3 is 9.80 Å². The number of halogens is 3. The highest BCUT2D eigenvalue weighted by Crippen LogP contribution is 2.34. The molecule has 0 radical (unpaired) electrons. The number of amides is 1. The Balaban J connectivity index is 2.25. The van der Waals surface area contributed by atoms with Crippen LogP contribution in [0, 0.1) is 0 Å². The van der Waals surface area contributed by atoms with Gasteiger partial charge in [-0.1, -0.05) is 13.8 Å². The minimum atomic E-state index is -4.50. The van der Waals surface area contributed by atoms with Crippen molar-refractivity contribution in [1.29, 1.82) is 0 Å². The summed E-state index contributed by atoms with van der Waals surface area (Å²) in [5, 5.41) is 0. The fourth-order valence-corrected chi connectivity index (χ4v) is 2.41. The van der Waals surface area contributed by atoms with E-state index in [1.54, 1.807) is 23.6 Å². The number of nitrogens with zero attached hydrogens (tertiary/aromatic N) is 4. The second-order valence-corrected chi connectivity index (χ2v) is 5.62. The lowest BCUT2D eigenvalue weighted by atomic mass is 10.0. The van der Waals surface area contributed by atoms with Crippen molar-refractivity contribution in [2.24, 2.45) is 0 Å². The molecule has 2 heterocycles. The highest BCUT2D eigenvalue weighted by Gasteiger charge is 2.37. The van der Waals surface area contributed by atoms with E-state index in [1.807, 2.05) is 0 Å². The third-order valence-electron chi connectivity index (χ3n) is 3.70.